The van der Waals surface area contributed by atoms with Gasteiger partial charge in [-0.05, 0) is 58.1 Å². The Morgan fingerprint density at radius 1 is 1.18 bits per heavy atom. The van der Waals surface area contributed by atoms with Crippen LogP contribution in [0.2, 0.25) is 0 Å². The lowest BCUT2D eigenvalue weighted by Crippen LogP contribution is -2.19. The first-order chi connectivity index (χ1) is 13.4. The molecule has 0 radical (unpaired) electrons. The van der Waals surface area contributed by atoms with Crippen molar-refractivity contribution in [2.75, 3.05) is 5.32 Å². The number of hydrogen-bond acceptors (Lipinski definition) is 6. The maximum absolute atomic E-state index is 12.7. The van der Waals surface area contributed by atoms with Crippen LogP contribution in [0.25, 0.3) is 0 Å². The van der Waals surface area contributed by atoms with Crippen LogP contribution in [0.15, 0.2) is 57.0 Å². The average molecular weight is 461 g/mol. The van der Waals surface area contributed by atoms with Gasteiger partial charge in [0.1, 0.15) is 0 Å². The zero-order chi connectivity index (χ0) is 20.1. The molecule has 3 aromatic rings. The highest BCUT2D eigenvalue weighted by atomic mass is 79.9. The van der Waals surface area contributed by atoms with Crippen LogP contribution in [0.3, 0.4) is 0 Å². The van der Waals surface area contributed by atoms with Crippen molar-refractivity contribution in [2.24, 2.45) is 7.05 Å². The SMILES string of the molecule is CC(=O)NCc1ccc(C(=O)Nc2cc(Br)ccc2Sc2nnnn2C)cc1. The number of nitrogens with one attached hydrogen (secondary N) is 2. The maximum atomic E-state index is 12.7. The zero-order valence-corrected chi connectivity index (χ0v) is 17.5. The van der Waals surface area contributed by atoms with Gasteiger partial charge in [0.25, 0.3) is 5.91 Å². The molecule has 144 valence electrons. The molecule has 0 unspecified atom stereocenters. The molecule has 0 bridgehead atoms. The maximum Gasteiger partial charge on any atom is 0.255 e. The van der Waals surface area contributed by atoms with E-state index in [4.69, 9.17) is 0 Å². The summed E-state index contributed by atoms with van der Waals surface area (Å²) in [5.74, 6) is -0.332. The topological polar surface area (TPSA) is 102 Å². The highest BCUT2D eigenvalue weighted by Gasteiger charge is 2.13. The van der Waals surface area contributed by atoms with E-state index in [1.165, 1.54) is 18.7 Å². The number of tetrazole rings is 1. The fourth-order valence-electron chi connectivity index (χ4n) is 2.29. The molecule has 3 rings (SSSR count). The Kier molecular flexibility index (Phi) is 6.42. The Bertz CT molecular complexity index is 1010. The Morgan fingerprint density at radius 2 is 1.93 bits per heavy atom. The van der Waals surface area contributed by atoms with E-state index >= 15 is 0 Å². The third-order valence-corrected chi connectivity index (χ3v) is 5.33. The number of benzene rings is 2. The van der Waals surface area contributed by atoms with Crippen LogP contribution in [0.4, 0.5) is 5.69 Å². The molecule has 0 aliphatic carbocycles. The fourth-order valence-corrected chi connectivity index (χ4v) is 3.45. The molecule has 1 heterocycles. The highest BCUT2D eigenvalue weighted by molar-refractivity contribution is 9.10. The van der Waals surface area contributed by atoms with Gasteiger partial charge in [0.15, 0.2) is 0 Å². The van der Waals surface area contributed by atoms with Crippen LogP contribution in [-0.4, -0.2) is 32.0 Å². The number of aromatic nitrogens is 4. The first kappa shape index (κ1) is 20.0. The third kappa shape index (κ3) is 5.17. The standard InChI is InChI=1S/C18H17BrN6O2S/c1-11(26)20-10-12-3-5-13(6-4-12)17(27)21-15-9-14(19)7-8-16(15)28-18-22-23-24-25(18)2/h3-9H,10H2,1-2H3,(H,20,26)(H,21,27). The van der Waals surface area contributed by atoms with Gasteiger partial charge < -0.3 is 10.6 Å². The second-order valence-corrected chi connectivity index (χ2v) is 7.81. The molecule has 2 aromatic carbocycles. The number of anilines is 1. The minimum Gasteiger partial charge on any atom is -0.352 e. The lowest BCUT2D eigenvalue weighted by Gasteiger charge is -2.11. The number of nitrogens with zero attached hydrogens (tertiary/aromatic N) is 4. The normalized spacial score (nSPS) is 10.5. The summed E-state index contributed by atoms with van der Waals surface area (Å²) in [6.07, 6.45) is 0. The van der Waals surface area contributed by atoms with Gasteiger partial charge >= 0.3 is 0 Å². The van der Waals surface area contributed by atoms with Crippen molar-refractivity contribution in [2.45, 2.75) is 23.5 Å². The molecule has 0 saturated carbocycles. The highest BCUT2D eigenvalue weighted by Crippen LogP contribution is 2.34. The molecule has 0 fully saturated rings. The lowest BCUT2D eigenvalue weighted by molar-refractivity contribution is -0.119. The molecular weight excluding hydrogens is 444 g/mol. The van der Waals surface area contributed by atoms with Crippen molar-refractivity contribution in [3.63, 3.8) is 0 Å². The van der Waals surface area contributed by atoms with Gasteiger partial charge in [0.05, 0.1) is 5.69 Å². The number of amides is 2. The lowest BCUT2D eigenvalue weighted by atomic mass is 10.1. The number of halogens is 1. The van der Waals surface area contributed by atoms with Crippen molar-refractivity contribution >= 4 is 45.2 Å². The molecule has 1 aromatic heterocycles. The summed E-state index contributed by atoms with van der Waals surface area (Å²) < 4.78 is 2.40. The van der Waals surface area contributed by atoms with Crippen LogP contribution < -0.4 is 10.6 Å². The predicted octanol–water partition coefficient (Wildman–Crippen LogP) is 3.01. The van der Waals surface area contributed by atoms with Gasteiger partial charge in [-0.25, -0.2) is 4.68 Å². The number of carbonyl (C=O) groups is 2. The number of carbonyl (C=O) groups excluding carboxylic acids is 2. The third-order valence-electron chi connectivity index (χ3n) is 3.73. The van der Waals surface area contributed by atoms with E-state index in [-0.39, 0.29) is 11.8 Å². The Morgan fingerprint density at radius 3 is 2.57 bits per heavy atom. The summed E-state index contributed by atoms with van der Waals surface area (Å²) >= 11 is 4.79. The summed E-state index contributed by atoms with van der Waals surface area (Å²) in [5.41, 5.74) is 2.08. The number of rotatable bonds is 6. The minimum absolute atomic E-state index is 0.0976. The molecule has 2 amide bonds. The molecule has 28 heavy (non-hydrogen) atoms. The Hall–Kier alpha value is -2.72. The van der Waals surface area contributed by atoms with Crippen LogP contribution in [0, 0.1) is 0 Å². The number of hydrogen-bond donors (Lipinski definition) is 2. The van der Waals surface area contributed by atoms with Crippen LogP contribution in [0.5, 0.6) is 0 Å². The first-order valence-corrected chi connectivity index (χ1v) is 9.88. The van der Waals surface area contributed by atoms with E-state index in [0.29, 0.717) is 23.0 Å². The molecule has 8 nitrogen and oxygen atoms in total. The molecule has 0 spiro atoms. The minimum atomic E-state index is -0.234. The Balaban J connectivity index is 1.75. The van der Waals surface area contributed by atoms with Crippen molar-refractivity contribution in [1.29, 1.82) is 0 Å². The van der Waals surface area contributed by atoms with E-state index < -0.39 is 0 Å². The fraction of sp³-hybridized carbons (Fsp3) is 0.167. The van der Waals surface area contributed by atoms with Gasteiger partial charge in [-0.1, -0.05) is 28.1 Å². The second kappa shape index (κ2) is 8.98. The molecule has 0 aliphatic heterocycles. The van der Waals surface area contributed by atoms with Crippen molar-refractivity contribution in [3.8, 4) is 0 Å². The van der Waals surface area contributed by atoms with E-state index in [1.807, 2.05) is 30.3 Å². The van der Waals surface area contributed by atoms with E-state index in [2.05, 4.69) is 42.1 Å². The molecule has 0 aliphatic rings. The molecule has 2 N–H and O–H groups in total. The van der Waals surface area contributed by atoms with Crippen LogP contribution in [0.1, 0.15) is 22.8 Å². The van der Waals surface area contributed by atoms with Crippen LogP contribution in [-0.2, 0) is 18.4 Å². The Labute approximate surface area is 174 Å². The van der Waals surface area contributed by atoms with Gasteiger partial charge in [0.2, 0.25) is 11.1 Å². The number of aryl methyl sites for hydroxylation is 1. The molecular formula is C18H17BrN6O2S. The summed E-state index contributed by atoms with van der Waals surface area (Å²) in [7, 11) is 1.75. The largest absolute Gasteiger partial charge is 0.352 e. The molecule has 0 saturated heterocycles. The molecule has 0 atom stereocenters. The van der Waals surface area contributed by atoms with Gasteiger partial charge in [-0.3, -0.25) is 9.59 Å². The second-order valence-electron chi connectivity index (χ2n) is 5.89. The average Bonchev–Trinajstić information content (AvgIpc) is 3.07. The first-order valence-electron chi connectivity index (χ1n) is 8.27. The smallest absolute Gasteiger partial charge is 0.255 e. The van der Waals surface area contributed by atoms with Crippen molar-refractivity contribution in [1.82, 2.24) is 25.5 Å². The van der Waals surface area contributed by atoms with E-state index in [1.54, 1.807) is 23.9 Å². The summed E-state index contributed by atoms with van der Waals surface area (Å²) in [5, 5.41) is 17.7. The summed E-state index contributed by atoms with van der Waals surface area (Å²) in [6.45, 7) is 1.89. The summed E-state index contributed by atoms with van der Waals surface area (Å²) in [6, 6.07) is 12.7. The monoisotopic (exact) mass is 460 g/mol. The molecule has 10 heteroatoms. The van der Waals surface area contributed by atoms with E-state index in [9.17, 15) is 9.59 Å². The van der Waals surface area contributed by atoms with Gasteiger partial charge in [0, 0.05) is 35.4 Å². The van der Waals surface area contributed by atoms with Gasteiger partial charge in [-0.15, -0.1) is 5.10 Å². The van der Waals surface area contributed by atoms with Crippen molar-refractivity contribution < 1.29 is 9.59 Å². The van der Waals surface area contributed by atoms with Gasteiger partial charge in [-0.2, -0.15) is 0 Å². The predicted molar refractivity (Wildman–Crippen MR) is 109 cm³/mol. The van der Waals surface area contributed by atoms with E-state index in [0.717, 1.165) is 14.9 Å². The van der Waals surface area contributed by atoms with Crippen molar-refractivity contribution in [3.05, 3.63) is 58.1 Å². The van der Waals surface area contributed by atoms with Crippen LogP contribution >= 0.6 is 27.7 Å². The summed E-state index contributed by atoms with van der Waals surface area (Å²) in [4.78, 5) is 24.5. The zero-order valence-electron chi connectivity index (χ0n) is 15.1. The quantitative estimate of drug-likeness (QED) is 0.585.